The van der Waals surface area contributed by atoms with Crippen molar-refractivity contribution >= 4 is 11.7 Å². The van der Waals surface area contributed by atoms with E-state index in [1.807, 2.05) is 37.3 Å². The number of nitrogens with zero attached hydrogens (tertiary/aromatic N) is 1. The van der Waals surface area contributed by atoms with Crippen molar-refractivity contribution in [3.05, 3.63) is 59.8 Å². The molecule has 4 nitrogen and oxygen atoms in total. The van der Waals surface area contributed by atoms with Gasteiger partial charge in [-0.15, -0.1) is 0 Å². The van der Waals surface area contributed by atoms with Crippen LogP contribution in [0, 0.1) is 6.92 Å². The molecule has 2 N–H and O–H groups in total. The van der Waals surface area contributed by atoms with E-state index in [-0.39, 0.29) is 12.3 Å². The second-order valence-electron chi connectivity index (χ2n) is 5.03. The SMILES string of the molecule is Cc1cccc(NC(=O)CC(C)(O)c2ccccc2)n1. The minimum absolute atomic E-state index is 0.0212. The minimum atomic E-state index is -1.20. The van der Waals surface area contributed by atoms with Gasteiger partial charge in [-0.3, -0.25) is 4.79 Å². The Kier molecular flexibility index (Phi) is 4.15. The molecule has 2 rings (SSSR count). The largest absolute Gasteiger partial charge is 0.385 e. The third-order valence-corrected chi connectivity index (χ3v) is 3.06. The van der Waals surface area contributed by atoms with Gasteiger partial charge >= 0.3 is 0 Å². The van der Waals surface area contributed by atoms with E-state index >= 15 is 0 Å². The number of aliphatic hydroxyl groups is 1. The number of carbonyl (C=O) groups is 1. The molecule has 0 bridgehead atoms. The highest BCUT2D eigenvalue weighted by atomic mass is 16.3. The zero-order valence-corrected chi connectivity index (χ0v) is 11.6. The molecular formula is C16H18N2O2. The van der Waals surface area contributed by atoms with Gasteiger partial charge in [-0.25, -0.2) is 4.98 Å². The fourth-order valence-electron chi connectivity index (χ4n) is 2.01. The number of carbonyl (C=O) groups excluding carboxylic acids is 1. The van der Waals surface area contributed by atoms with Crippen LogP contribution in [0.4, 0.5) is 5.82 Å². The van der Waals surface area contributed by atoms with Crippen molar-refractivity contribution in [1.29, 1.82) is 0 Å². The van der Waals surface area contributed by atoms with E-state index in [1.165, 1.54) is 0 Å². The quantitative estimate of drug-likeness (QED) is 0.897. The number of amides is 1. The molecule has 1 aromatic heterocycles. The maximum absolute atomic E-state index is 12.0. The Labute approximate surface area is 118 Å². The zero-order chi connectivity index (χ0) is 14.6. The summed E-state index contributed by atoms with van der Waals surface area (Å²) in [7, 11) is 0. The van der Waals surface area contributed by atoms with E-state index in [9.17, 15) is 9.90 Å². The van der Waals surface area contributed by atoms with Crippen LogP contribution in [0.2, 0.25) is 0 Å². The average molecular weight is 270 g/mol. The number of rotatable bonds is 4. The maximum atomic E-state index is 12.0. The molecule has 1 amide bonds. The molecule has 0 aliphatic heterocycles. The number of aromatic nitrogens is 1. The normalized spacial score (nSPS) is 13.6. The van der Waals surface area contributed by atoms with Gasteiger partial charge in [0.15, 0.2) is 0 Å². The summed E-state index contributed by atoms with van der Waals surface area (Å²) in [5.74, 6) is 0.232. The highest BCUT2D eigenvalue weighted by Crippen LogP contribution is 2.24. The fraction of sp³-hybridized carbons (Fsp3) is 0.250. The maximum Gasteiger partial charge on any atom is 0.228 e. The summed E-state index contributed by atoms with van der Waals surface area (Å²) in [5, 5.41) is 13.1. The summed E-state index contributed by atoms with van der Waals surface area (Å²) in [6, 6.07) is 14.6. The van der Waals surface area contributed by atoms with Crippen molar-refractivity contribution in [3.63, 3.8) is 0 Å². The molecule has 1 atom stereocenters. The van der Waals surface area contributed by atoms with Crippen LogP contribution in [0.25, 0.3) is 0 Å². The number of pyridine rings is 1. The molecule has 4 heteroatoms. The standard InChI is InChI=1S/C16H18N2O2/c1-12-7-6-10-14(17-12)18-15(19)11-16(2,20)13-8-4-3-5-9-13/h3-10,20H,11H2,1-2H3,(H,17,18,19). The summed E-state index contributed by atoms with van der Waals surface area (Å²) < 4.78 is 0. The van der Waals surface area contributed by atoms with Gasteiger partial charge in [-0.1, -0.05) is 36.4 Å². The van der Waals surface area contributed by atoms with Crippen LogP contribution in [0.1, 0.15) is 24.6 Å². The van der Waals surface area contributed by atoms with E-state index < -0.39 is 5.60 Å². The first-order valence-corrected chi connectivity index (χ1v) is 6.49. The van der Waals surface area contributed by atoms with E-state index in [0.717, 1.165) is 5.69 Å². The number of aryl methyl sites for hydroxylation is 1. The fourth-order valence-corrected chi connectivity index (χ4v) is 2.01. The zero-order valence-electron chi connectivity index (χ0n) is 11.6. The Morgan fingerprint density at radius 2 is 1.90 bits per heavy atom. The predicted octanol–water partition coefficient (Wildman–Crippen LogP) is 2.63. The predicted molar refractivity (Wildman–Crippen MR) is 78.2 cm³/mol. The number of hydrogen-bond acceptors (Lipinski definition) is 3. The van der Waals surface area contributed by atoms with Gasteiger partial charge in [0, 0.05) is 5.69 Å². The molecular weight excluding hydrogens is 252 g/mol. The second-order valence-corrected chi connectivity index (χ2v) is 5.03. The lowest BCUT2D eigenvalue weighted by atomic mass is 9.92. The van der Waals surface area contributed by atoms with E-state index in [1.54, 1.807) is 25.1 Å². The molecule has 2 aromatic rings. The molecule has 0 saturated carbocycles. The number of hydrogen-bond donors (Lipinski definition) is 2. The third-order valence-electron chi connectivity index (χ3n) is 3.06. The van der Waals surface area contributed by atoms with Crippen molar-refractivity contribution in [3.8, 4) is 0 Å². The first kappa shape index (κ1) is 14.2. The molecule has 0 aliphatic carbocycles. The van der Waals surface area contributed by atoms with Crippen molar-refractivity contribution in [2.45, 2.75) is 25.9 Å². The summed E-state index contributed by atoms with van der Waals surface area (Å²) in [5.41, 5.74) is 0.347. The molecule has 0 fully saturated rings. The van der Waals surface area contributed by atoms with Crippen LogP contribution in [-0.4, -0.2) is 16.0 Å². The van der Waals surface area contributed by atoms with E-state index in [2.05, 4.69) is 10.3 Å². The van der Waals surface area contributed by atoms with E-state index in [0.29, 0.717) is 11.4 Å². The Morgan fingerprint density at radius 3 is 2.55 bits per heavy atom. The van der Waals surface area contributed by atoms with Crippen LogP contribution in [0.15, 0.2) is 48.5 Å². The molecule has 104 valence electrons. The molecule has 1 unspecified atom stereocenters. The van der Waals surface area contributed by atoms with Crippen LogP contribution >= 0.6 is 0 Å². The lowest BCUT2D eigenvalue weighted by molar-refractivity contribution is -0.120. The third kappa shape index (κ3) is 3.65. The number of nitrogens with one attached hydrogen (secondary N) is 1. The first-order chi connectivity index (χ1) is 9.47. The van der Waals surface area contributed by atoms with Crippen LogP contribution in [0.5, 0.6) is 0 Å². The summed E-state index contributed by atoms with van der Waals surface area (Å²) >= 11 is 0. The second kappa shape index (κ2) is 5.84. The summed E-state index contributed by atoms with van der Waals surface area (Å²) in [4.78, 5) is 16.2. The van der Waals surface area contributed by atoms with Gasteiger partial charge < -0.3 is 10.4 Å². The molecule has 1 heterocycles. The van der Waals surface area contributed by atoms with Crippen molar-refractivity contribution in [1.82, 2.24) is 4.98 Å². The molecule has 0 aliphatic rings. The summed E-state index contributed by atoms with van der Waals surface area (Å²) in [6.07, 6.45) is -0.0212. The molecule has 20 heavy (non-hydrogen) atoms. The highest BCUT2D eigenvalue weighted by Gasteiger charge is 2.26. The Hall–Kier alpha value is -2.20. The summed E-state index contributed by atoms with van der Waals surface area (Å²) in [6.45, 7) is 3.49. The molecule has 0 saturated heterocycles. The average Bonchev–Trinajstić information content (AvgIpc) is 2.39. The Balaban J connectivity index is 2.04. The molecule has 0 spiro atoms. The van der Waals surface area contributed by atoms with Crippen LogP contribution in [-0.2, 0) is 10.4 Å². The van der Waals surface area contributed by atoms with Gasteiger partial charge in [0.05, 0.1) is 12.0 Å². The topological polar surface area (TPSA) is 62.2 Å². The van der Waals surface area contributed by atoms with E-state index in [4.69, 9.17) is 0 Å². The minimum Gasteiger partial charge on any atom is -0.385 e. The van der Waals surface area contributed by atoms with Crippen molar-refractivity contribution in [2.24, 2.45) is 0 Å². The van der Waals surface area contributed by atoms with Gasteiger partial charge in [-0.2, -0.15) is 0 Å². The van der Waals surface area contributed by atoms with Gasteiger partial charge in [0.1, 0.15) is 5.82 Å². The molecule has 1 aromatic carbocycles. The van der Waals surface area contributed by atoms with Crippen molar-refractivity contribution < 1.29 is 9.90 Å². The van der Waals surface area contributed by atoms with Gasteiger partial charge in [0.2, 0.25) is 5.91 Å². The number of benzene rings is 1. The van der Waals surface area contributed by atoms with Crippen LogP contribution in [0.3, 0.4) is 0 Å². The molecule has 0 radical (unpaired) electrons. The highest BCUT2D eigenvalue weighted by molar-refractivity contribution is 5.90. The monoisotopic (exact) mass is 270 g/mol. The Morgan fingerprint density at radius 1 is 1.20 bits per heavy atom. The number of anilines is 1. The lowest BCUT2D eigenvalue weighted by Gasteiger charge is -2.23. The van der Waals surface area contributed by atoms with Gasteiger partial charge in [-0.05, 0) is 31.5 Å². The smallest absolute Gasteiger partial charge is 0.228 e. The van der Waals surface area contributed by atoms with Crippen molar-refractivity contribution in [2.75, 3.05) is 5.32 Å². The Bertz CT molecular complexity index is 594. The van der Waals surface area contributed by atoms with Gasteiger partial charge in [0.25, 0.3) is 0 Å². The first-order valence-electron chi connectivity index (χ1n) is 6.49. The van der Waals surface area contributed by atoms with Crippen LogP contribution < -0.4 is 5.32 Å². The lowest BCUT2D eigenvalue weighted by Crippen LogP contribution is -2.28.